The number of para-hydroxylation sites is 2. The van der Waals surface area contributed by atoms with Crippen LogP contribution in [0.5, 0.6) is 11.5 Å². The van der Waals surface area contributed by atoms with E-state index in [2.05, 4.69) is 5.32 Å². The second kappa shape index (κ2) is 8.62. The van der Waals surface area contributed by atoms with E-state index in [9.17, 15) is 13.2 Å². The van der Waals surface area contributed by atoms with Crippen molar-refractivity contribution in [1.82, 2.24) is 9.62 Å². The Bertz CT molecular complexity index is 941. The van der Waals surface area contributed by atoms with Gasteiger partial charge < -0.3 is 14.8 Å². The minimum absolute atomic E-state index is 0.107. The van der Waals surface area contributed by atoms with Crippen LogP contribution in [-0.2, 0) is 10.0 Å². The largest absolute Gasteiger partial charge is 0.486 e. The molecule has 0 unspecified atom stereocenters. The lowest BCUT2D eigenvalue weighted by molar-refractivity contribution is 0.0789. The molecule has 1 aliphatic heterocycles. The minimum atomic E-state index is -3.62. The molecular formula is C20H24N2O5S. The second-order valence-corrected chi connectivity index (χ2v) is 8.26. The molecule has 0 aliphatic carbocycles. The fraction of sp³-hybridized carbons (Fsp3) is 0.350. The lowest BCUT2D eigenvalue weighted by Gasteiger charge is -2.26. The standard InChI is InChI=1S/C20H24N2O5S/c1-3-22(4-2)28(24,25)17-9-7-8-15(12-17)20(23)21-13-16-14-26-18-10-5-6-11-19(18)27-16/h5-12,16H,3-4,13-14H2,1-2H3,(H,21,23)/t16-/m0/s1. The Balaban J connectivity index is 1.66. The monoisotopic (exact) mass is 404 g/mol. The molecule has 1 amide bonds. The van der Waals surface area contributed by atoms with Crippen molar-refractivity contribution in [1.29, 1.82) is 0 Å². The third-order valence-corrected chi connectivity index (χ3v) is 6.54. The smallest absolute Gasteiger partial charge is 0.251 e. The molecule has 7 nitrogen and oxygen atoms in total. The Hall–Kier alpha value is -2.58. The SMILES string of the molecule is CCN(CC)S(=O)(=O)c1cccc(C(=O)NC[C@H]2COc3ccccc3O2)c1. The van der Waals surface area contributed by atoms with Crippen molar-refractivity contribution < 1.29 is 22.7 Å². The number of hydrogen-bond donors (Lipinski definition) is 1. The Morgan fingerprint density at radius 2 is 1.82 bits per heavy atom. The van der Waals surface area contributed by atoms with Gasteiger partial charge in [0.25, 0.3) is 5.91 Å². The average Bonchev–Trinajstić information content (AvgIpc) is 2.72. The maximum Gasteiger partial charge on any atom is 0.251 e. The predicted octanol–water partition coefficient (Wildman–Crippen LogP) is 2.29. The molecule has 1 N–H and O–H groups in total. The van der Waals surface area contributed by atoms with Gasteiger partial charge in [0.1, 0.15) is 12.7 Å². The van der Waals surface area contributed by atoms with Crippen molar-refractivity contribution in [2.24, 2.45) is 0 Å². The highest BCUT2D eigenvalue weighted by atomic mass is 32.2. The molecule has 0 bridgehead atoms. The van der Waals surface area contributed by atoms with Crippen LogP contribution in [0.15, 0.2) is 53.4 Å². The van der Waals surface area contributed by atoms with Crippen LogP contribution >= 0.6 is 0 Å². The van der Waals surface area contributed by atoms with Crippen LogP contribution in [0.25, 0.3) is 0 Å². The van der Waals surface area contributed by atoms with Gasteiger partial charge in [-0.2, -0.15) is 4.31 Å². The number of benzene rings is 2. The van der Waals surface area contributed by atoms with Gasteiger partial charge in [-0.15, -0.1) is 0 Å². The van der Waals surface area contributed by atoms with Gasteiger partial charge in [-0.05, 0) is 30.3 Å². The lowest BCUT2D eigenvalue weighted by Crippen LogP contribution is -2.40. The van der Waals surface area contributed by atoms with E-state index in [1.807, 2.05) is 24.3 Å². The highest BCUT2D eigenvalue weighted by Crippen LogP contribution is 2.30. The minimum Gasteiger partial charge on any atom is -0.486 e. The molecule has 1 heterocycles. The van der Waals surface area contributed by atoms with Gasteiger partial charge >= 0.3 is 0 Å². The summed E-state index contributed by atoms with van der Waals surface area (Å²) in [5, 5.41) is 2.78. The van der Waals surface area contributed by atoms with Gasteiger partial charge in [-0.25, -0.2) is 8.42 Å². The van der Waals surface area contributed by atoms with Crippen LogP contribution < -0.4 is 14.8 Å². The van der Waals surface area contributed by atoms with Crippen molar-refractivity contribution in [3.63, 3.8) is 0 Å². The molecule has 0 aromatic heterocycles. The zero-order chi connectivity index (χ0) is 20.1. The van der Waals surface area contributed by atoms with Gasteiger partial charge in [0.05, 0.1) is 11.4 Å². The van der Waals surface area contributed by atoms with E-state index < -0.39 is 10.0 Å². The van der Waals surface area contributed by atoms with Crippen molar-refractivity contribution in [2.75, 3.05) is 26.2 Å². The first kappa shape index (κ1) is 20.2. The molecule has 1 aliphatic rings. The van der Waals surface area contributed by atoms with Gasteiger partial charge in [0.15, 0.2) is 11.5 Å². The van der Waals surface area contributed by atoms with E-state index in [1.165, 1.54) is 16.4 Å². The maximum absolute atomic E-state index is 12.6. The maximum atomic E-state index is 12.6. The number of carbonyl (C=O) groups excluding carboxylic acids is 1. The summed E-state index contributed by atoms with van der Waals surface area (Å²) >= 11 is 0. The summed E-state index contributed by atoms with van der Waals surface area (Å²) < 4.78 is 38.1. The number of ether oxygens (including phenoxy) is 2. The number of nitrogens with one attached hydrogen (secondary N) is 1. The van der Waals surface area contributed by atoms with E-state index in [1.54, 1.807) is 26.0 Å². The molecule has 0 saturated carbocycles. The summed E-state index contributed by atoms with van der Waals surface area (Å²) in [6.07, 6.45) is -0.318. The first-order valence-electron chi connectivity index (χ1n) is 9.22. The Kier molecular flexibility index (Phi) is 6.21. The first-order chi connectivity index (χ1) is 13.5. The summed E-state index contributed by atoms with van der Waals surface area (Å²) in [6, 6.07) is 13.4. The van der Waals surface area contributed by atoms with E-state index in [0.717, 1.165) is 0 Å². The van der Waals surface area contributed by atoms with Crippen LogP contribution in [0.1, 0.15) is 24.2 Å². The molecule has 3 rings (SSSR count). The van der Waals surface area contributed by atoms with Gasteiger partial charge in [0.2, 0.25) is 10.0 Å². The van der Waals surface area contributed by atoms with Crippen LogP contribution in [-0.4, -0.2) is 51.0 Å². The van der Waals surface area contributed by atoms with Gasteiger partial charge in [-0.1, -0.05) is 32.0 Å². The van der Waals surface area contributed by atoms with Crippen molar-refractivity contribution in [3.8, 4) is 11.5 Å². The summed E-state index contributed by atoms with van der Waals surface area (Å²) in [4.78, 5) is 12.6. The predicted molar refractivity (Wildman–Crippen MR) is 105 cm³/mol. The molecule has 0 saturated heterocycles. The number of fused-ring (bicyclic) bond motifs is 1. The molecule has 28 heavy (non-hydrogen) atoms. The Labute approximate surface area is 165 Å². The molecular weight excluding hydrogens is 380 g/mol. The number of sulfonamides is 1. The summed E-state index contributed by atoms with van der Waals surface area (Å²) in [6.45, 7) is 4.88. The number of hydrogen-bond acceptors (Lipinski definition) is 5. The second-order valence-electron chi connectivity index (χ2n) is 6.32. The zero-order valence-electron chi connectivity index (χ0n) is 15.9. The molecule has 2 aromatic rings. The summed E-state index contributed by atoms with van der Waals surface area (Å²) in [7, 11) is -3.62. The topological polar surface area (TPSA) is 84.9 Å². The molecule has 0 fully saturated rings. The zero-order valence-corrected chi connectivity index (χ0v) is 16.7. The number of carbonyl (C=O) groups is 1. The van der Waals surface area contributed by atoms with Crippen molar-refractivity contribution >= 4 is 15.9 Å². The third kappa shape index (κ3) is 4.28. The van der Waals surface area contributed by atoms with E-state index in [-0.39, 0.29) is 29.0 Å². The normalized spacial score (nSPS) is 16.0. The molecule has 150 valence electrons. The average molecular weight is 404 g/mol. The fourth-order valence-corrected chi connectivity index (χ4v) is 4.49. The number of nitrogens with zero attached hydrogens (tertiary/aromatic N) is 1. The summed E-state index contributed by atoms with van der Waals surface area (Å²) in [5.74, 6) is 0.957. The van der Waals surface area contributed by atoms with Crippen molar-refractivity contribution in [3.05, 3.63) is 54.1 Å². The molecule has 1 atom stereocenters. The number of amides is 1. The Morgan fingerprint density at radius 1 is 1.11 bits per heavy atom. The van der Waals surface area contributed by atoms with Gasteiger partial charge in [0, 0.05) is 18.7 Å². The van der Waals surface area contributed by atoms with Gasteiger partial charge in [-0.3, -0.25) is 4.79 Å². The molecule has 8 heteroatoms. The lowest BCUT2D eigenvalue weighted by atomic mass is 10.2. The third-order valence-electron chi connectivity index (χ3n) is 4.50. The molecule has 2 aromatic carbocycles. The molecule has 0 radical (unpaired) electrons. The highest BCUT2D eigenvalue weighted by Gasteiger charge is 2.24. The van der Waals surface area contributed by atoms with E-state index in [4.69, 9.17) is 9.47 Å². The van der Waals surface area contributed by atoms with Crippen LogP contribution in [0.4, 0.5) is 0 Å². The van der Waals surface area contributed by atoms with Crippen molar-refractivity contribution in [2.45, 2.75) is 24.8 Å². The summed E-state index contributed by atoms with van der Waals surface area (Å²) in [5.41, 5.74) is 0.283. The highest BCUT2D eigenvalue weighted by molar-refractivity contribution is 7.89. The first-order valence-corrected chi connectivity index (χ1v) is 10.7. The molecule has 0 spiro atoms. The quantitative estimate of drug-likeness (QED) is 0.765. The van der Waals surface area contributed by atoms with E-state index in [0.29, 0.717) is 31.2 Å². The van der Waals surface area contributed by atoms with Crippen LogP contribution in [0.3, 0.4) is 0 Å². The van der Waals surface area contributed by atoms with E-state index >= 15 is 0 Å². The van der Waals surface area contributed by atoms with Crippen LogP contribution in [0, 0.1) is 0 Å². The fourth-order valence-electron chi connectivity index (χ4n) is 2.98. The number of rotatable bonds is 7. The Morgan fingerprint density at radius 3 is 2.54 bits per heavy atom. The van der Waals surface area contributed by atoms with Crippen LogP contribution in [0.2, 0.25) is 0 Å².